The molecule has 5 nitrogen and oxygen atoms in total. The molecule has 0 radical (unpaired) electrons. The predicted octanol–water partition coefficient (Wildman–Crippen LogP) is 3.11. The van der Waals surface area contributed by atoms with Crippen LogP contribution in [0.3, 0.4) is 0 Å². The summed E-state index contributed by atoms with van der Waals surface area (Å²) < 4.78 is 5.70. The first-order chi connectivity index (χ1) is 9.22. The summed E-state index contributed by atoms with van der Waals surface area (Å²) >= 11 is 0. The van der Waals surface area contributed by atoms with Gasteiger partial charge in [0.05, 0.1) is 11.5 Å². The quantitative estimate of drug-likeness (QED) is 0.661. The van der Waals surface area contributed by atoms with Crippen LogP contribution in [-0.2, 0) is 6.54 Å². The third kappa shape index (κ3) is 2.82. The molecule has 0 spiro atoms. The fourth-order valence-electron chi connectivity index (χ4n) is 1.93. The molecule has 1 N–H and O–H groups in total. The molecule has 0 amide bonds. The molecular weight excluding hydrogens is 244 g/mol. The molecule has 1 aromatic carbocycles. The van der Waals surface area contributed by atoms with Gasteiger partial charge in [-0.15, -0.1) is 0 Å². The average Bonchev–Trinajstić information content (AvgIpc) is 3.13. The van der Waals surface area contributed by atoms with Crippen LogP contribution in [0.1, 0.15) is 18.6 Å². The second-order valence-corrected chi connectivity index (χ2v) is 4.73. The molecular formula is C14H14N2O3. The summed E-state index contributed by atoms with van der Waals surface area (Å²) in [7, 11) is 0. The Balaban J connectivity index is 1.77. The summed E-state index contributed by atoms with van der Waals surface area (Å²) in [6.07, 6.45) is 2.47. The van der Waals surface area contributed by atoms with Crippen molar-refractivity contribution in [2.45, 2.75) is 25.4 Å². The lowest BCUT2D eigenvalue weighted by Gasteiger charge is -1.99. The van der Waals surface area contributed by atoms with Gasteiger partial charge < -0.3 is 9.73 Å². The van der Waals surface area contributed by atoms with E-state index in [4.69, 9.17) is 4.42 Å². The van der Waals surface area contributed by atoms with Crippen molar-refractivity contribution in [1.29, 1.82) is 0 Å². The largest absolute Gasteiger partial charge is 0.460 e. The molecule has 2 aromatic rings. The molecule has 98 valence electrons. The molecule has 19 heavy (non-hydrogen) atoms. The minimum absolute atomic E-state index is 0.0755. The van der Waals surface area contributed by atoms with Crippen molar-refractivity contribution in [3.8, 4) is 11.3 Å². The smallest absolute Gasteiger partial charge is 0.270 e. The Kier molecular flexibility index (Phi) is 3.05. The average molecular weight is 258 g/mol. The molecule has 1 saturated carbocycles. The van der Waals surface area contributed by atoms with Crippen LogP contribution >= 0.6 is 0 Å². The maximum absolute atomic E-state index is 10.7. The Morgan fingerprint density at radius 1 is 1.32 bits per heavy atom. The molecule has 1 aromatic heterocycles. The van der Waals surface area contributed by atoms with Crippen LogP contribution in [0.5, 0.6) is 0 Å². The molecule has 1 aliphatic rings. The number of nitro groups is 1. The zero-order chi connectivity index (χ0) is 13.2. The molecule has 1 heterocycles. The van der Waals surface area contributed by atoms with E-state index in [2.05, 4.69) is 5.32 Å². The van der Waals surface area contributed by atoms with Gasteiger partial charge in [-0.1, -0.05) is 12.1 Å². The second kappa shape index (κ2) is 4.85. The van der Waals surface area contributed by atoms with Crippen LogP contribution in [0.4, 0.5) is 5.69 Å². The third-order valence-corrected chi connectivity index (χ3v) is 3.15. The standard InChI is InChI=1S/C14H14N2O3/c17-16(18)12-3-1-2-10(8-12)14-7-6-13(19-14)9-15-11-4-5-11/h1-3,6-8,11,15H,4-5,9H2. The highest BCUT2D eigenvalue weighted by Crippen LogP contribution is 2.26. The molecule has 3 rings (SSSR count). The van der Waals surface area contributed by atoms with Crippen molar-refractivity contribution >= 4 is 5.69 Å². The lowest BCUT2D eigenvalue weighted by molar-refractivity contribution is -0.384. The van der Waals surface area contributed by atoms with E-state index in [1.807, 2.05) is 18.2 Å². The Hall–Kier alpha value is -2.14. The van der Waals surface area contributed by atoms with Crippen molar-refractivity contribution in [3.63, 3.8) is 0 Å². The number of furan rings is 1. The highest BCUT2D eigenvalue weighted by molar-refractivity contribution is 5.61. The maximum atomic E-state index is 10.7. The molecule has 1 fully saturated rings. The maximum Gasteiger partial charge on any atom is 0.270 e. The molecule has 5 heteroatoms. The Morgan fingerprint density at radius 2 is 2.16 bits per heavy atom. The van der Waals surface area contributed by atoms with E-state index in [1.54, 1.807) is 6.07 Å². The van der Waals surface area contributed by atoms with Gasteiger partial charge in [0.2, 0.25) is 0 Å². The van der Waals surface area contributed by atoms with E-state index < -0.39 is 4.92 Å². The highest BCUT2D eigenvalue weighted by Gasteiger charge is 2.20. The summed E-state index contributed by atoms with van der Waals surface area (Å²) in [5.74, 6) is 1.52. The van der Waals surface area contributed by atoms with Gasteiger partial charge in [0.15, 0.2) is 0 Å². The zero-order valence-corrected chi connectivity index (χ0v) is 10.3. The minimum Gasteiger partial charge on any atom is -0.460 e. The van der Waals surface area contributed by atoms with Gasteiger partial charge >= 0.3 is 0 Å². The monoisotopic (exact) mass is 258 g/mol. The van der Waals surface area contributed by atoms with Crippen molar-refractivity contribution in [2.24, 2.45) is 0 Å². The van der Waals surface area contributed by atoms with Crippen LogP contribution in [-0.4, -0.2) is 11.0 Å². The number of nitro benzene ring substituents is 1. The summed E-state index contributed by atoms with van der Waals surface area (Å²) in [5.41, 5.74) is 0.804. The summed E-state index contributed by atoms with van der Waals surface area (Å²) in [6, 6.07) is 10.9. The Bertz CT molecular complexity index is 602. The number of nitrogens with one attached hydrogen (secondary N) is 1. The summed E-state index contributed by atoms with van der Waals surface area (Å²) in [5, 5.41) is 14.1. The minimum atomic E-state index is -0.401. The Morgan fingerprint density at radius 3 is 2.89 bits per heavy atom. The number of benzene rings is 1. The van der Waals surface area contributed by atoms with Crippen molar-refractivity contribution < 1.29 is 9.34 Å². The van der Waals surface area contributed by atoms with E-state index in [0.717, 1.165) is 11.3 Å². The van der Waals surface area contributed by atoms with Gasteiger partial charge in [0.25, 0.3) is 5.69 Å². The van der Waals surface area contributed by atoms with Gasteiger partial charge in [-0.25, -0.2) is 0 Å². The fraction of sp³-hybridized carbons (Fsp3) is 0.286. The normalized spacial score (nSPS) is 14.5. The first-order valence-corrected chi connectivity index (χ1v) is 6.29. The van der Waals surface area contributed by atoms with E-state index >= 15 is 0 Å². The van der Waals surface area contributed by atoms with Crippen molar-refractivity contribution in [2.75, 3.05) is 0 Å². The van der Waals surface area contributed by atoms with Crippen LogP contribution in [0.25, 0.3) is 11.3 Å². The van der Waals surface area contributed by atoms with Crippen molar-refractivity contribution in [1.82, 2.24) is 5.32 Å². The van der Waals surface area contributed by atoms with Crippen LogP contribution in [0, 0.1) is 10.1 Å². The number of hydrogen-bond acceptors (Lipinski definition) is 4. The van der Waals surface area contributed by atoms with Crippen LogP contribution in [0.2, 0.25) is 0 Å². The Labute approximate surface area is 110 Å². The number of rotatable bonds is 5. The third-order valence-electron chi connectivity index (χ3n) is 3.15. The molecule has 0 saturated heterocycles. The van der Waals surface area contributed by atoms with E-state index in [-0.39, 0.29) is 5.69 Å². The van der Waals surface area contributed by atoms with Gasteiger partial charge in [-0.3, -0.25) is 10.1 Å². The molecule has 1 aliphatic carbocycles. The topological polar surface area (TPSA) is 68.3 Å². The fourth-order valence-corrected chi connectivity index (χ4v) is 1.93. The number of non-ortho nitro benzene ring substituents is 1. The lowest BCUT2D eigenvalue weighted by atomic mass is 10.1. The van der Waals surface area contributed by atoms with Crippen molar-refractivity contribution in [3.05, 3.63) is 52.3 Å². The van der Waals surface area contributed by atoms with E-state index in [1.165, 1.54) is 25.0 Å². The molecule has 0 atom stereocenters. The summed E-state index contributed by atoms with van der Waals surface area (Å²) in [6.45, 7) is 0.708. The van der Waals surface area contributed by atoms with E-state index in [9.17, 15) is 10.1 Å². The van der Waals surface area contributed by atoms with Gasteiger partial charge in [0, 0.05) is 23.7 Å². The first-order valence-electron chi connectivity index (χ1n) is 6.29. The highest BCUT2D eigenvalue weighted by atomic mass is 16.6. The molecule has 0 aliphatic heterocycles. The molecule has 0 unspecified atom stereocenters. The second-order valence-electron chi connectivity index (χ2n) is 4.73. The SMILES string of the molecule is O=[N+]([O-])c1cccc(-c2ccc(CNC3CC3)o2)c1. The van der Waals surface area contributed by atoms with Gasteiger partial charge in [0.1, 0.15) is 11.5 Å². The lowest BCUT2D eigenvalue weighted by Crippen LogP contribution is -2.14. The number of hydrogen-bond donors (Lipinski definition) is 1. The van der Waals surface area contributed by atoms with Crippen LogP contribution < -0.4 is 5.32 Å². The van der Waals surface area contributed by atoms with Gasteiger partial charge in [-0.2, -0.15) is 0 Å². The molecule has 0 bridgehead atoms. The first kappa shape index (κ1) is 11.9. The van der Waals surface area contributed by atoms with Crippen LogP contribution in [0.15, 0.2) is 40.8 Å². The summed E-state index contributed by atoms with van der Waals surface area (Å²) in [4.78, 5) is 10.3. The number of nitrogens with zero attached hydrogens (tertiary/aromatic N) is 1. The van der Waals surface area contributed by atoms with E-state index in [0.29, 0.717) is 18.3 Å². The zero-order valence-electron chi connectivity index (χ0n) is 10.3. The predicted molar refractivity (Wildman–Crippen MR) is 70.7 cm³/mol. The van der Waals surface area contributed by atoms with Gasteiger partial charge in [-0.05, 0) is 25.0 Å².